The highest BCUT2D eigenvalue weighted by molar-refractivity contribution is 6.62. The summed E-state index contributed by atoms with van der Waals surface area (Å²) in [5, 5.41) is 2.38. The molecular weight excluding hydrogens is 896 g/mol. The van der Waals surface area contributed by atoms with E-state index in [0.717, 1.165) is 70.7 Å². The highest BCUT2D eigenvalue weighted by Crippen LogP contribution is 2.45. The SMILES string of the molecule is Cc1cccc(C)c1-n1c2ccc(N(c3ccc(B4OC(C)(C)C(C)(C)O4)cc3)c3ccc4c(c3)CCCC4)cc2c2cc(N(c3ccc(B4OC(C)(C)C(C)(C)O4)cc3)c3ccc4c(c3)CCCC4)ccc21. The van der Waals surface area contributed by atoms with Crippen LogP contribution < -0.4 is 20.7 Å². The zero-order valence-electron chi connectivity index (χ0n) is 44.6. The zero-order chi connectivity index (χ0) is 50.6. The van der Waals surface area contributed by atoms with Crippen LogP contribution in [-0.2, 0) is 44.3 Å². The normalized spacial score (nSPS) is 18.5. The summed E-state index contributed by atoms with van der Waals surface area (Å²) in [7, 11) is -0.876. The molecule has 9 heteroatoms. The van der Waals surface area contributed by atoms with E-state index in [1.807, 2.05) is 0 Å². The van der Waals surface area contributed by atoms with E-state index in [2.05, 4.69) is 223 Å². The minimum Gasteiger partial charge on any atom is -0.399 e. The number of rotatable bonds is 9. The van der Waals surface area contributed by atoms with E-state index in [1.165, 1.54) is 86.6 Å². The average Bonchev–Trinajstić information content (AvgIpc) is 3.90. The van der Waals surface area contributed by atoms with Crippen LogP contribution in [0.3, 0.4) is 0 Å². The molecular formula is C64H69B2N3O4. The number of aryl methyl sites for hydroxylation is 6. The van der Waals surface area contributed by atoms with E-state index < -0.39 is 36.6 Å². The third kappa shape index (κ3) is 8.32. The van der Waals surface area contributed by atoms with Crippen molar-refractivity contribution in [3.63, 3.8) is 0 Å². The first-order valence-corrected chi connectivity index (χ1v) is 26.9. The second-order valence-electron chi connectivity index (χ2n) is 23.3. The molecule has 3 heterocycles. The second kappa shape index (κ2) is 17.8. The number of fused-ring (bicyclic) bond motifs is 5. The van der Waals surface area contributed by atoms with Crippen LogP contribution in [0.2, 0.25) is 0 Å². The van der Waals surface area contributed by atoms with Gasteiger partial charge in [0.15, 0.2) is 0 Å². The van der Waals surface area contributed by atoms with Crippen molar-refractivity contribution < 1.29 is 18.6 Å². The summed E-state index contributed by atoms with van der Waals surface area (Å²) in [4.78, 5) is 4.88. The number of hydrogen-bond donors (Lipinski definition) is 0. The zero-order valence-corrected chi connectivity index (χ0v) is 44.6. The molecule has 2 aliphatic carbocycles. The largest absolute Gasteiger partial charge is 0.494 e. The number of nitrogens with zero attached hydrogens (tertiary/aromatic N) is 3. The van der Waals surface area contributed by atoms with Crippen molar-refractivity contribution in [1.29, 1.82) is 0 Å². The standard InChI is InChI=1S/C64H69B2N3O4/c1-42-16-15-17-43(2)60(42)69-58-36-34-54(67(52-28-22-44-18-11-13-20-46(44)38-52)50-30-24-48(25-31-50)65-70-61(3,4)62(5,6)71-65)40-56(58)57-41-55(35-37-59(57)69)68(53-29-23-45-19-12-14-21-47(45)39-53)51-32-26-49(27-33-51)66-72-63(7,8)64(9,10)73-66/h15-17,22-41H,11-14,18-21H2,1-10H3. The Morgan fingerprint density at radius 3 is 1.10 bits per heavy atom. The minimum atomic E-state index is -0.438. The number of hydrogen-bond acceptors (Lipinski definition) is 6. The molecule has 0 spiro atoms. The lowest BCUT2D eigenvalue weighted by Gasteiger charge is -2.32. The van der Waals surface area contributed by atoms with Crippen LogP contribution in [0.15, 0.2) is 140 Å². The van der Waals surface area contributed by atoms with Gasteiger partial charge in [-0.2, -0.15) is 0 Å². The van der Waals surface area contributed by atoms with Gasteiger partial charge in [0.2, 0.25) is 0 Å². The van der Waals surface area contributed by atoms with Gasteiger partial charge in [0.25, 0.3) is 0 Å². The number of aromatic nitrogens is 1. The predicted molar refractivity (Wildman–Crippen MR) is 304 cm³/mol. The van der Waals surface area contributed by atoms with E-state index in [1.54, 1.807) is 0 Å². The van der Waals surface area contributed by atoms with Gasteiger partial charge in [-0.3, -0.25) is 0 Å². The molecule has 2 fully saturated rings. The van der Waals surface area contributed by atoms with Gasteiger partial charge >= 0.3 is 14.2 Å². The van der Waals surface area contributed by atoms with Crippen molar-refractivity contribution in [3.05, 3.63) is 173 Å². The Labute approximate surface area is 433 Å². The van der Waals surface area contributed by atoms with Crippen molar-refractivity contribution in [1.82, 2.24) is 4.57 Å². The Hall–Kier alpha value is -6.09. The highest BCUT2D eigenvalue weighted by atomic mass is 16.7. The molecule has 1 aromatic heterocycles. The topological polar surface area (TPSA) is 48.3 Å². The fourth-order valence-electron chi connectivity index (χ4n) is 11.8. The number of benzene rings is 7. The van der Waals surface area contributed by atoms with Gasteiger partial charge in [0.1, 0.15) is 0 Å². The molecule has 2 saturated heterocycles. The average molecular weight is 966 g/mol. The molecule has 0 bridgehead atoms. The van der Waals surface area contributed by atoms with Gasteiger partial charge in [-0.1, -0.05) is 54.6 Å². The number of para-hydroxylation sites is 1. The minimum absolute atomic E-state index is 0.422. The lowest BCUT2D eigenvalue weighted by molar-refractivity contribution is 0.00578. The third-order valence-corrected chi connectivity index (χ3v) is 17.4. The van der Waals surface area contributed by atoms with Crippen molar-refractivity contribution in [2.24, 2.45) is 0 Å². The van der Waals surface area contributed by atoms with Crippen LogP contribution in [0.25, 0.3) is 27.5 Å². The van der Waals surface area contributed by atoms with Crippen LogP contribution in [0, 0.1) is 13.8 Å². The lowest BCUT2D eigenvalue weighted by atomic mass is 9.79. The third-order valence-electron chi connectivity index (χ3n) is 17.4. The van der Waals surface area contributed by atoms with Crippen LogP contribution in [0.5, 0.6) is 0 Å². The summed E-state index contributed by atoms with van der Waals surface area (Å²) in [5.74, 6) is 0. The van der Waals surface area contributed by atoms with E-state index >= 15 is 0 Å². The van der Waals surface area contributed by atoms with Gasteiger partial charge in [0, 0.05) is 44.9 Å². The van der Waals surface area contributed by atoms with Crippen molar-refractivity contribution in [2.45, 2.75) is 143 Å². The van der Waals surface area contributed by atoms with E-state index in [4.69, 9.17) is 18.6 Å². The van der Waals surface area contributed by atoms with Crippen molar-refractivity contribution >= 4 is 81.1 Å². The van der Waals surface area contributed by atoms with Gasteiger partial charge in [0.05, 0.1) is 39.1 Å². The molecule has 0 amide bonds. The Morgan fingerprint density at radius 2 is 0.712 bits per heavy atom. The summed E-state index contributed by atoms with van der Waals surface area (Å²) >= 11 is 0. The summed E-state index contributed by atoms with van der Waals surface area (Å²) in [6.07, 6.45) is 9.41. The molecule has 0 atom stereocenters. The maximum atomic E-state index is 6.52. The van der Waals surface area contributed by atoms with Gasteiger partial charge < -0.3 is 33.0 Å². The van der Waals surface area contributed by atoms with Crippen LogP contribution in [-0.4, -0.2) is 41.2 Å². The molecule has 12 rings (SSSR count). The first-order chi connectivity index (χ1) is 34.9. The molecule has 73 heavy (non-hydrogen) atoms. The Bertz CT molecular complexity index is 3180. The first-order valence-electron chi connectivity index (χ1n) is 26.9. The molecule has 370 valence electrons. The van der Waals surface area contributed by atoms with Crippen molar-refractivity contribution in [2.75, 3.05) is 9.80 Å². The quantitative estimate of drug-likeness (QED) is 0.134. The molecule has 2 aliphatic heterocycles. The molecule has 7 aromatic carbocycles. The van der Waals surface area contributed by atoms with Crippen molar-refractivity contribution in [3.8, 4) is 5.69 Å². The fraction of sp³-hybridized carbons (Fsp3) is 0.344. The number of anilines is 6. The molecule has 0 unspecified atom stereocenters. The van der Waals surface area contributed by atoms with Crippen LogP contribution in [0.1, 0.15) is 114 Å². The smallest absolute Gasteiger partial charge is 0.399 e. The summed E-state index contributed by atoms with van der Waals surface area (Å²) in [6.45, 7) is 21.4. The Kier molecular flexibility index (Phi) is 11.7. The molecule has 4 aliphatic rings. The second-order valence-corrected chi connectivity index (χ2v) is 23.3. The molecule has 0 N–H and O–H groups in total. The van der Waals surface area contributed by atoms with E-state index in [9.17, 15) is 0 Å². The van der Waals surface area contributed by atoms with Gasteiger partial charge in [-0.25, -0.2) is 0 Å². The molecule has 8 aromatic rings. The summed E-state index contributed by atoms with van der Waals surface area (Å²) in [5.41, 5.74) is 18.9. The van der Waals surface area contributed by atoms with Gasteiger partial charge in [-0.05, 0) is 250 Å². The molecule has 0 saturated carbocycles. The van der Waals surface area contributed by atoms with Crippen LogP contribution in [0.4, 0.5) is 34.1 Å². The van der Waals surface area contributed by atoms with Crippen LogP contribution >= 0.6 is 0 Å². The summed E-state index contributed by atoms with van der Waals surface area (Å²) < 4.78 is 28.6. The first kappa shape index (κ1) is 47.9. The summed E-state index contributed by atoms with van der Waals surface area (Å²) in [6, 6.07) is 52.7. The Balaban J connectivity index is 1.03. The van der Waals surface area contributed by atoms with E-state index in [-0.39, 0.29) is 0 Å². The highest BCUT2D eigenvalue weighted by Gasteiger charge is 2.53. The predicted octanol–water partition coefficient (Wildman–Crippen LogP) is 14.7. The Morgan fingerprint density at radius 1 is 0.384 bits per heavy atom. The monoisotopic (exact) mass is 966 g/mol. The molecule has 7 nitrogen and oxygen atoms in total. The fourth-order valence-corrected chi connectivity index (χ4v) is 11.8. The lowest BCUT2D eigenvalue weighted by Crippen LogP contribution is -2.41. The molecule has 0 radical (unpaired) electrons. The maximum Gasteiger partial charge on any atom is 0.494 e. The maximum absolute atomic E-state index is 6.52. The van der Waals surface area contributed by atoms with E-state index in [0.29, 0.717) is 0 Å². The van der Waals surface area contributed by atoms with Gasteiger partial charge in [-0.15, -0.1) is 0 Å².